The average molecular weight is 348 g/mol. The van der Waals surface area contributed by atoms with Crippen molar-refractivity contribution in [3.8, 4) is 0 Å². The van der Waals surface area contributed by atoms with Crippen molar-refractivity contribution in [2.75, 3.05) is 5.32 Å². The van der Waals surface area contributed by atoms with E-state index < -0.39 is 5.63 Å². The van der Waals surface area contributed by atoms with Crippen LogP contribution < -0.4 is 10.9 Å². The molecule has 2 aromatic heterocycles. The quantitative estimate of drug-likeness (QED) is 0.559. The zero-order valence-corrected chi connectivity index (χ0v) is 13.7. The molecule has 2 aromatic carbocycles. The SMILES string of the molecule is O=C(c1ccccc1)c1ccccc1Nc1nc2sccc2c(=O)o1. The Bertz CT molecular complexity index is 1120. The van der Waals surface area contributed by atoms with E-state index in [0.29, 0.717) is 27.0 Å². The van der Waals surface area contributed by atoms with Gasteiger partial charge in [0.05, 0.1) is 11.1 Å². The predicted molar refractivity (Wildman–Crippen MR) is 97.8 cm³/mol. The largest absolute Gasteiger partial charge is 0.388 e. The van der Waals surface area contributed by atoms with Crippen LogP contribution in [0, 0.1) is 0 Å². The fourth-order valence-electron chi connectivity index (χ4n) is 2.50. The molecule has 0 spiro atoms. The van der Waals surface area contributed by atoms with Crippen LogP contribution in [0.3, 0.4) is 0 Å². The number of aromatic nitrogens is 1. The van der Waals surface area contributed by atoms with Crippen molar-refractivity contribution in [2.45, 2.75) is 0 Å². The van der Waals surface area contributed by atoms with Gasteiger partial charge in [-0.2, -0.15) is 4.98 Å². The smallest absolute Gasteiger partial charge is 0.349 e. The molecule has 1 N–H and O–H groups in total. The van der Waals surface area contributed by atoms with E-state index in [1.54, 1.807) is 47.8 Å². The van der Waals surface area contributed by atoms with Crippen molar-refractivity contribution in [1.29, 1.82) is 0 Å². The first-order chi connectivity index (χ1) is 12.2. The number of hydrogen-bond donors (Lipinski definition) is 1. The highest BCUT2D eigenvalue weighted by atomic mass is 32.1. The molecule has 0 aliphatic heterocycles. The second kappa shape index (κ2) is 6.33. The van der Waals surface area contributed by atoms with Gasteiger partial charge in [-0.3, -0.25) is 4.79 Å². The van der Waals surface area contributed by atoms with E-state index in [4.69, 9.17) is 4.42 Å². The average Bonchev–Trinajstić information content (AvgIpc) is 3.11. The highest BCUT2D eigenvalue weighted by Crippen LogP contribution is 2.24. The van der Waals surface area contributed by atoms with Crippen LogP contribution in [0.15, 0.2) is 75.3 Å². The molecule has 25 heavy (non-hydrogen) atoms. The summed E-state index contributed by atoms with van der Waals surface area (Å²) in [5.41, 5.74) is 1.13. The molecule has 6 heteroatoms. The van der Waals surface area contributed by atoms with Crippen LogP contribution in [0.1, 0.15) is 15.9 Å². The van der Waals surface area contributed by atoms with Crippen LogP contribution in [-0.2, 0) is 0 Å². The minimum absolute atomic E-state index is 0.0632. The molecule has 0 atom stereocenters. The third kappa shape index (κ3) is 2.95. The summed E-state index contributed by atoms with van der Waals surface area (Å²) < 4.78 is 5.21. The number of anilines is 2. The topological polar surface area (TPSA) is 72.2 Å². The Labute approximate surface area is 146 Å². The highest BCUT2D eigenvalue weighted by molar-refractivity contribution is 7.16. The molecule has 4 aromatic rings. The second-order valence-corrected chi connectivity index (χ2v) is 6.21. The van der Waals surface area contributed by atoms with Gasteiger partial charge in [0.25, 0.3) is 0 Å². The Morgan fingerprint density at radius 3 is 2.60 bits per heavy atom. The molecule has 0 aliphatic rings. The van der Waals surface area contributed by atoms with Crippen LogP contribution in [0.5, 0.6) is 0 Å². The van der Waals surface area contributed by atoms with Crippen molar-refractivity contribution < 1.29 is 9.21 Å². The molecular weight excluding hydrogens is 336 g/mol. The summed E-state index contributed by atoms with van der Waals surface area (Å²) in [5.74, 6) is -0.122. The van der Waals surface area contributed by atoms with E-state index >= 15 is 0 Å². The minimum Gasteiger partial charge on any atom is -0.388 e. The summed E-state index contributed by atoms with van der Waals surface area (Å²) in [6.07, 6.45) is 0. The first-order valence-electron chi connectivity index (χ1n) is 7.56. The molecular formula is C19H12N2O3S. The maximum absolute atomic E-state index is 12.7. The van der Waals surface area contributed by atoms with Crippen molar-refractivity contribution >= 4 is 39.0 Å². The molecule has 122 valence electrons. The number of benzene rings is 2. The Morgan fingerprint density at radius 2 is 1.76 bits per heavy atom. The van der Waals surface area contributed by atoms with Gasteiger partial charge < -0.3 is 9.73 Å². The van der Waals surface area contributed by atoms with E-state index in [-0.39, 0.29) is 11.8 Å². The van der Waals surface area contributed by atoms with Gasteiger partial charge in [-0.05, 0) is 23.6 Å². The van der Waals surface area contributed by atoms with Gasteiger partial charge in [-0.15, -0.1) is 11.3 Å². The van der Waals surface area contributed by atoms with Crippen LogP contribution in [0.25, 0.3) is 10.2 Å². The first-order valence-corrected chi connectivity index (χ1v) is 8.44. The summed E-state index contributed by atoms with van der Waals surface area (Å²) in [6, 6.07) is 17.8. The van der Waals surface area contributed by atoms with Gasteiger partial charge in [0, 0.05) is 11.1 Å². The lowest BCUT2D eigenvalue weighted by atomic mass is 10.0. The Kier molecular flexibility index (Phi) is 3.87. The number of carbonyl (C=O) groups excluding carboxylic acids is 1. The number of nitrogens with zero attached hydrogens (tertiary/aromatic N) is 1. The molecule has 0 aliphatic carbocycles. The Morgan fingerprint density at radius 1 is 1.00 bits per heavy atom. The van der Waals surface area contributed by atoms with Crippen LogP contribution in [0.2, 0.25) is 0 Å². The summed E-state index contributed by atoms with van der Waals surface area (Å²) in [7, 11) is 0. The highest BCUT2D eigenvalue weighted by Gasteiger charge is 2.15. The van der Waals surface area contributed by atoms with Gasteiger partial charge in [0.15, 0.2) is 5.78 Å². The predicted octanol–water partition coefficient (Wildman–Crippen LogP) is 4.22. The zero-order chi connectivity index (χ0) is 17.2. The van der Waals surface area contributed by atoms with Crippen molar-refractivity contribution in [3.05, 3.63) is 87.6 Å². The number of hydrogen-bond acceptors (Lipinski definition) is 6. The van der Waals surface area contributed by atoms with E-state index in [1.165, 1.54) is 11.3 Å². The summed E-state index contributed by atoms with van der Waals surface area (Å²) in [6.45, 7) is 0. The normalized spacial score (nSPS) is 10.7. The lowest BCUT2D eigenvalue weighted by Crippen LogP contribution is -2.08. The number of nitrogens with one attached hydrogen (secondary N) is 1. The van der Waals surface area contributed by atoms with Crippen molar-refractivity contribution in [2.24, 2.45) is 0 Å². The maximum atomic E-state index is 12.7. The minimum atomic E-state index is -0.458. The fourth-order valence-corrected chi connectivity index (χ4v) is 3.25. The fraction of sp³-hybridized carbons (Fsp3) is 0. The van der Waals surface area contributed by atoms with Crippen LogP contribution >= 0.6 is 11.3 Å². The van der Waals surface area contributed by atoms with Gasteiger partial charge in [-0.25, -0.2) is 4.79 Å². The standard InChI is InChI=1S/C19H12N2O3S/c22-16(12-6-2-1-3-7-12)13-8-4-5-9-15(13)20-19-21-17-14(10-11-25-17)18(23)24-19/h1-11H,(H,20,21). The number of para-hydroxylation sites is 1. The van der Waals surface area contributed by atoms with E-state index in [0.717, 1.165) is 0 Å². The summed E-state index contributed by atoms with van der Waals surface area (Å²) in [4.78, 5) is 29.6. The molecule has 0 saturated heterocycles. The molecule has 0 amide bonds. The van der Waals surface area contributed by atoms with Gasteiger partial charge >= 0.3 is 11.6 Å². The number of fused-ring (bicyclic) bond motifs is 1. The number of thiophene rings is 1. The number of carbonyl (C=O) groups is 1. The summed E-state index contributed by atoms with van der Waals surface area (Å²) >= 11 is 1.36. The van der Waals surface area contributed by atoms with Gasteiger partial charge in [0.1, 0.15) is 4.83 Å². The molecule has 0 unspecified atom stereocenters. The molecule has 5 nitrogen and oxygen atoms in total. The van der Waals surface area contributed by atoms with Gasteiger partial charge in [0.2, 0.25) is 0 Å². The van der Waals surface area contributed by atoms with E-state index in [2.05, 4.69) is 10.3 Å². The molecule has 0 saturated carbocycles. The van der Waals surface area contributed by atoms with Crippen molar-refractivity contribution in [3.63, 3.8) is 0 Å². The second-order valence-electron chi connectivity index (χ2n) is 5.31. The number of ketones is 1. The first kappa shape index (κ1) is 15.3. The molecule has 0 radical (unpaired) electrons. The van der Waals surface area contributed by atoms with Crippen LogP contribution in [0.4, 0.5) is 11.7 Å². The monoisotopic (exact) mass is 348 g/mol. The number of rotatable bonds is 4. The van der Waals surface area contributed by atoms with E-state index in [1.807, 2.05) is 18.2 Å². The molecule has 0 bridgehead atoms. The van der Waals surface area contributed by atoms with E-state index in [9.17, 15) is 9.59 Å². The zero-order valence-electron chi connectivity index (χ0n) is 12.9. The molecule has 0 fully saturated rings. The molecule has 2 heterocycles. The third-order valence-electron chi connectivity index (χ3n) is 3.71. The van der Waals surface area contributed by atoms with Crippen LogP contribution in [-0.4, -0.2) is 10.8 Å². The maximum Gasteiger partial charge on any atom is 0.349 e. The summed E-state index contributed by atoms with van der Waals surface area (Å²) in [5, 5.41) is 5.19. The Hall–Kier alpha value is -3.25. The van der Waals surface area contributed by atoms with Gasteiger partial charge in [-0.1, -0.05) is 42.5 Å². The lowest BCUT2D eigenvalue weighted by molar-refractivity contribution is 0.103. The molecule has 4 rings (SSSR count). The van der Waals surface area contributed by atoms with Crippen molar-refractivity contribution in [1.82, 2.24) is 4.98 Å². The lowest BCUT2D eigenvalue weighted by Gasteiger charge is -2.09. The third-order valence-corrected chi connectivity index (χ3v) is 4.51. The Balaban J connectivity index is 1.73.